The number of ether oxygens (including phenoxy) is 5. The van der Waals surface area contributed by atoms with Gasteiger partial charge in [-0.2, -0.15) is 0 Å². The number of thiazole rings is 1. The zero-order valence-corrected chi connectivity index (χ0v) is 25.0. The molecule has 1 saturated heterocycles. The molecule has 40 heavy (non-hydrogen) atoms. The molecule has 1 aliphatic rings. The highest BCUT2D eigenvalue weighted by molar-refractivity contribution is 7.09. The van der Waals surface area contributed by atoms with E-state index in [0.29, 0.717) is 43.4 Å². The number of carbonyl (C=O) groups is 1. The highest BCUT2D eigenvalue weighted by Crippen LogP contribution is 2.29. The molecule has 9 nitrogen and oxygen atoms in total. The van der Waals surface area contributed by atoms with Crippen molar-refractivity contribution < 1.29 is 28.5 Å². The Morgan fingerprint density at radius 2 is 1.68 bits per heavy atom. The first-order valence-electron chi connectivity index (χ1n) is 13.4. The maximum atomic E-state index is 13.2. The SMILES string of the molecule is COc1ccc(CN(CCc2ccc(OC)c(OC)c2)Cc2nc(C(=O)N3CC(C)OC(C)C3)cs2)c(OC)c1. The van der Waals surface area contributed by atoms with E-state index in [4.69, 9.17) is 28.7 Å². The van der Waals surface area contributed by atoms with Gasteiger partial charge in [0, 0.05) is 43.2 Å². The molecule has 1 fully saturated rings. The van der Waals surface area contributed by atoms with Crippen molar-refractivity contribution in [1.29, 1.82) is 0 Å². The van der Waals surface area contributed by atoms with E-state index in [2.05, 4.69) is 11.0 Å². The Bertz CT molecular complexity index is 1270. The van der Waals surface area contributed by atoms with Crippen molar-refractivity contribution in [2.45, 2.75) is 45.6 Å². The number of amides is 1. The van der Waals surface area contributed by atoms with E-state index in [-0.39, 0.29) is 18.1 Å². The third-order valence-electron chi connectivity index (χ3n) is 6.89. The molecular formula is C30H39N3O6S. The Balaban J connectivity index is 1.52. The summed E-state index contributed by atoms with van der Waals surface area (Å²) in [5.41, 5.74) is 2.66. The van der Waals surface area contributed by atoms with Crippen molar-refractivity contribution in [2.24, 2.45) is 0 Å². The molecule has 0 saturated carbocycles. The van der Waals surface area contributed by atoms with Gasteiger partial charge >= 0.3 is 0 Å². The van der Waals surface area contributed by atoms with Gasteiger partial charge in [0.2, 0.25) is 0 Å². The first-order valence-corrected chi connectivity index (χ1v) is 14.2. The number of rotatable bonds is 12. The first kappa shape index (κ1) is 29.6. The second-order valence-electron chi connectivity index (χ2n) is 9.92. The third kappa shape index (κ3) is 7.44. The molecule has 2 atom stereocenters. The summed E-state index contributed by atoms with van der Waals surface area (Å²) in [5.74, 6) is 2.87. The molecule has 2 unspecified atom stereocenters. The second kappa shape index (κ2) is 13.8. The highest BCUT2D eigenvalue weighted by atomic mass is 32.1. The van der Waals surface area contributed by atoms with Crippen LogP contribution in [0.1, 0.15) is 40.5 Å². The molecule has 2 heterocycles. The molecular weight excluding hydrogens is 530 g/mol. The van der Waals surface area contributed by atoms with E-state index in [9.17, 15) is 4.79 Å². The number of methoxy groups -OCH3 is 4. The number of hydrogen-bond acceptors (Lipinski definition) is 9. The lowest BCUT2D eigenvalue weighted by Gasteiger charge is -2.34. The summed E-state index contributed by atoms with van der Waals surface area (Å²) in [6.07, 6.45) is 0.814. The number of hydrogen-bond donors (Lipinski definition) is 0. The van der Waals surface area contributed by atoms with Crippen LogP contribution in [0.25, 0.3) is 0 Å². The van der Waals surface area contributed by atoms with Crippen molar-refractivity contribution in [3.8, 4) is 23.0 Å². The first-order chi connectivity index (χ1) is 19.3. The van der Waals surface area contributed by atoms with E-state index in [1.54, 1.807) is 28.4 Å². The molecule has 2 aromatic carbocycles. The maximum absolute atomic E-state index is 13.2. The lowest BCUT2D eigenvalue weighted by molar-refractivity contribution is -0.0587. The monoisotopic (exact) mass is 569 g/mol. The van der Waals surface area contributed by atoms with Gasteiger partial charge in [0.1, 0.15) is 22.2 Å². The number of benzene rings is 2. The number of morpholine rings is 1. The number of carbonyl (C=O) groups excluding carboxylic acids is 1. The van der Waals surface area contributed by atoms with Crippen LogP contribution >= 0.6 is 11.3 Å². The third-order valence-corrected chi connectivity index (χ3v) is 7.72. The van der Waals surface area contributed by atoms with E-state index < -0.39 is 0 Å². The van der Waals surface area contributed by atoms with Crippen molar-refractivity contribution >= 4 is 17.2 Å². The normalized spacial score (nSPS) is 17.1. The summed E-state index contributed by atoms with van der Waals surface area (Å²) in [6.45, 7) is 7.12. The fraction of sp³-hybridized carbons (Fsp3) is 0.467. The van der Waals surface area contributed by atoms with Gasteiger partial charge in [-0.05, 0) is 44.0 Å². The lowest BCUT2D eigenvalue weighted by Crippen LogP contribution is -2.48. The molecule has 1 aliphatic heterocycles. The lowest BCUT2D eigenvalue weighted by atomic mass is 10.1. The summed E-state index contributed by atoms with van der Waals surface area (Å²) in [7, 11) is 6.58. The van der Waals surface area contributed by atoms with Gasteiger partial charge in [0.05, 0.1) is 47.2 Å². The molecule has 0 spiro atoms. The minimum atomic E-state index is -0.0433. The van der Waals surface area contributed by atoms with E-state index in [1.807, 2.05) is 54.5 Å². The zero-order valence-electron chi connectivity index (χ0n) is 24.1. The quantitative estimate of drug-likeness (QED) is 0.311. The van der Waals surface area contributed by atoms with Gasteiger partial charge in [0.15, 0.2) is 11.5 Å². The van der Waals surface area contributed by atoms with Crippen LogP contribution in [0, 0.1) is 0 Å². The van der Waals surface area contributed by atoms with E-state index >= 15 is 0 Å². The van der Waals surface area contributed by atoms with Crippen molar-refractivity contribution in [1.82, 2.24) is 14.8 Å². The summed E-state index contributed by atoms with van der Waals surface area (Å²) in [4.78, 5) is 22.1. The summed E-state index contributed by atoms with van der Waals surface area (Å²) < 4.78 is 27.7. The summed E-state index contributed by atoms with van der Waals surface area (Å²) in [5, 5.41) is 2.75. The van der Waals surface area contributed by atoms with Crippen LogP contribution in [-0.4, -0.2) is 81.0 Å². The van der Waals surface area contributed by atoms with Crippen LogP contribution < -0.4 is 18.9 Å². The minimum absolute atomic E-state index is 0.0114. The fourth-order valence-electron chi connectivity index (χ4n) is 4.94. The van der Waals surface area contributed by atoms with Crippen molar-refractivity contribution in [3.63, 3.8) is 0 Å². The van der Waals surface area contributed by atoms with Crippen molar-refractivity contribution in [2.75, 3.05) is 48.1 Å². The Morgan fingerprint density at radius 1 is 0.950 bits per heavy atom. The Morgan fingerprint density at radius 3 is 2.35 bits per heavy atom. The second-order valence-corrected chi connectivity index (χ2v) is 10.9. The number of aromatic nitrogens is 1. The van der Waals surface area contributed by atoms with Crippen LogP contribution in [-0.2, 0) is 24.2 Å². The predicted molar refractivity (Wildman–Crippen MR) is 155 cm³/mol. The van der Waals surface area contributed by atoms with Crippen LogP contribution in [0.5, 0.6) is 23.0 Å². The predicted octanol–water partition coefficient (Wildman–Crippen LogP) is 4.67. The number of nitrogens with zero attached hydrogens (tertiary/aromatic N) is 3. The highest BCUT2D eigenvalue weighted by Gasteiger charge is 2.28. The molecule has 216 valence electrons. The molecule has 0 aliphatic carbocycles. The smallest absolute Gasteiger partial charge is 0.273 e. The molecule has 1 amide bonds. The van der Waals surface area contributed by atoms with E-state index in [1.165, 1.54) is 11.3 Å². The Hall–Kier alpha value is -3.34. The average Bonchev–Trinajstić information content (AvgIpc) is 3.43. The van der Waals surface area contributed by atoms with Crippen LogP contribution in [0.4, 0.5) is 0 Å². The summed E-state index contributed by atoms with van der Waals surface area (Å²) in [6, 6.07) is 11.9. The standard InChI is InChI=1S/C30H39N3O6S/c1-20-15-33(16-21(2)39-20)30(34)25-19-40-29(31-25)18-32(17-23-8-9-24(35-3)14-27(23)37-5)12-11-22-7-10-26(36-4)28(13-22)38-6/h7-10,13-14,19-21H,11-12,15-18H2,1-6H3. The van der Waals surface area contributed by atoms with Crippen LogP contribution in [0.2, 0.25) is 0 Å². The van der Waals surface area contributed by atoms with Gasteiger partial charge in [-0.3, -0.25) is 9.69 Å². The molecule has 3 aromatic rings. The van der Waals surface area contributed by atoms with Crippen molar-refractivity contribution in [3.05, 3.63) is 63.6 Å². The topological polar surface area (TPSA) is 82.6 Å². The molecule has 0 bridgehead atoms. The molecule has 0 radical (unpaired) electrons. The molecule has 1 aromatic heterocycles. The summed E-state index contributed by atoms with van der Waals surface area (Å²) >= 11 is 1.51. The van der Waals surface area contributed by atoms with Gasteiger partial charge in [-0.25, -0.2) is 4.98 Å². The average molecular weight is 570 g/mol. The van der Waals surface area contributed by atoms with Gasteiger partial charge in [-0.1, -0.05) is 12.1 Å². The molecule has 0 N–H and O–H groups in total. The largest absolute Gasteiger partial charge is 0.497 e. The fourth-order valence-corrected chi connectivity index (χ4v) is 5.75. The Kier molecular flexibility index (Phi) is 10.2. The van der Waals surface area contributed by atoms with Crippen LogP contribution in [0.15, 0.2) is 41.8 Å². The maximum Gasteiger partial charge on any atom is 0.273 e. The minimum Gasteiger partial charge on any atom is -0.497 e. The molecule has 4 rings (SSSR count). The van der Waals surface area contributed by atoms with Gasteiger partial charge in [0.25, 0.3) is 5.91 Å². The Labute approximate surface area is 240 Å². The van der Waals surface area contributed by atoms with Crippen LogP contribution in [0.3, 0.4) is 0 Å². The van der Waals surface area contributed by atoms with E-state index in [0.717, 1.165) is 40.6 Å². The van der Waals surface area contributed by atoms with Gasteiger partial charge < -0.3 is 28.6 Å². The molecule has 10 heteroatoms. The van der Waals surface area contributed by atoms with Gasteiger partial charge in [-0.15, -0.1) is 11.3 Å². The zero-order chi connectivity index (χ0) is 28.6.